The zero-order chi connectivity index (χ0) is 23.3. The molecule has 0 spiro atoms. The van der Waals surface area contributed by atoms with Gasteiger partial charge in [-0.3, -0.25) is 19.2 Å². The summed E-state index contributed by atoms with van der Waals surface area (Å²) in [7, 11) is 1.80. The van der Waals surface area contributed by atoms with Gasteiger partial charge in [-0.2, -0.15) is 0 Å². The van der Waals surface area contributed by atoms with Gasteiger partial charge in [-0.1, -0.05) is 0 Å². The number of anilines is 3. The molecule has 3 N–H and O–H groups in total. The second-order valence-electron chi connectivity index (χ2n) is 9.60. The Morgan fingerprint density at radius 2 is 1.85 bits per heavy atom. The van der Waals surface area contributed by atoms with Crippen LogP contribution in [0.3, 0.4) is 0 Å². The van der Waals surface area contributed by atoms with Crippen LogP contribution in [-0.2, 0) is 17.6 Å². The van der Waals surface area contributed by atoms with E-state index in [0.29, 0.717) is 47.4 Å². The first-order chi connectivity index (χ1) is 15.9. The molecule has 1 unspecified atom stereocenters. The Hall–Kier alpha value is -2.68. The number of carbonyl (C=O) groups excluding carboxylic acids is 2. The number of hydrogen-bond donors (Lipinski definition) is 3. The van der Waals surface area contributed by atoms with Crippen molar-refractivity contribution in [3.8, 4) is 0 Å². The van der Waals surface area contributed by atoms with Gasteiger partial charge >= 0.3 is 0 Å². The highest BCUT2D eigenvalue weighted by Gasteiger charge is 2.35. The number of fused-ring (bicyclic) bond motifs is 1. The zero-order valence-electron chi connectivity index (χ0n) is 19.1. The van der Waals surface area contributed by atoms with Crippen LogP contribution in [-0.4, -0.2) is 38.0 Å². The van der Waals surface area contributed by atoms with E-state index < -0.39 is 10.9 Å². The molecule has 33 heavy (non-hydrogen) atoms. The van der Waals surface area contributed by atoms with Crippen LogP contribution in [0, 0.1) is 11.8 Å². The van der Waals surface area contributed by atoms with Crippen LogP contribution in [0.25, 0.3) is 0 Å². The molecule has 3 aliphatic carbocycles. The molecule has 176 valence electrons. The minimum absolute atomic E-state index is 0.00417. The van der Waals surface area contributed by atoms with Crippen LogP contribution >= 0.6 is 11.3 Å². The fourth-order valence-corrected chi connectivity index (χ4v) is 5.73. The number of rotatable bonds is 9. The summed E-state index contributed by atoms with van der Waals surface area (Å²) in [4.78, 5) is 52.8. The number of thiophene rings is 1. The molecular formula is C24H30N4O4S. The van der Waals surface area contributed by atoms with Gasteiger partial charge in [0.05, 0.1) is 5.56 Å². The first kappa shape index (κ1) is 22.1. The van der Waals surface area contributed by atoms with Gasteiger partial charge in [0.15, 0.2) is 0 Å². The molecule has 5 rings (SSSR count). The molecule has 2 aromatic rings. The first-order valence-corrected chi connectivity index (χ1v) is 12.7. The van der Waals surface area contributed by atoms with Crippen molar-refractivity contribution in [2.24, 2.45) is 11.8 Å². The Morgan fingerprint density at radius 3 is 2.52 bits per heavy atom. The molecule has 1 aromatic carbocycles. The van der Waals surface area contributed by atoms with Crippen molar-refractivity contribution in [3.05, 3.63) is 36.5 Å². The highest BCUT2D eigenvalue weighted by molar-refractivity contribution is 7.17. The fourth-order valence-electron chi connectivity index (χ4n) is 4.48. The molecular weight excluding hydrogens is 440 g/mol. The van der Waals surface area contributed by atoms with Gasteiger partial charge in [-0.25, -0.2) is 0 Å². The van der Waals surface area contributed by atoms with Crippen LogP contribution in [0.5, 0.6) is 0 Å². The highest BCUT2D eigenvalue weighted by atomic mass is 32.1. The molecule has 0 bridgehead atoms. The van der Waals surface area contributed by atoms with Crippen LogP contribution in [0.4, 0.5) is 16.4 Å². The highest BCUT2D eigenvalue weighted by Crippen LogP contribution is 2.40. The summed E-state index contributed by atoms with van der Waals surface area (Å²) >= 11 is 1.50. The molecule has 1 atom stereocenters. The third-order valence-electron chi connectivity index (χ3n) is 7.01. The molecule has 1 aromatic heterocycles. The molecule has 9 heteroatoms. The number of nitrogens with one attached hydrogen (secondary N) is 3. The third kappa shape index (κ3) is 4.30. The Bertz CT molecular complexity index is 1170. The van der Waals surface area contributed by atoms with E-state index in [1.54, 1.807) is 11.9 Å². The van der Waals surface area contributed by atoms with Crippen molar-refractivity contribution in [1.29, 1.82) is 0 Å². The number of hydrogen-bond acceptors (Lipinski definition) is 7. The molecule has 3 aliphatic rings. The lowest BCUT2D eigenvalue weighted by molar-refractivity contribution is -0.117. The molecule has 2 fully saturated rings. The SMILES string of the molecule is CCN(C)c1c(NC2CCc3sc(NC(=O)C4CC4)c(C(=O)NCC4CC4)c3C2)c(=O)c1=O. The molecule has 8 nitrogen and oxygen atoms in total. The van der Waals surface area contributed by atoms with Gasteiger partial charge in [0, 0.05) is 37.0 Å². The fraction of sp³-hybridized carbons (Fsp3) is 0.583. The number of amides is 2. The predicted molar refractivity (Wildman–Crippen MR) is 130 cm³/mol. The predicted octanol–water partition coefficient (Wildman–Crippen LogP) is 2.26. The maximum absolute atomic E-state index is 13.2. The van der Waals surface area contributed by atoms with E-state index in [9.17, 15) is 19.2 Å². The van der Waals surface area contributed by atoms with Crippen molar-refractivity contribution < 1.29 is 9.59 Å². The van der Waals surface area contributed by atoms with Gasteiger partial charge < -0.3 is 20.9 Å². The Labute approximate surface area is 196 Å². The third-order valence-corrected chi connectivity index (χ3v) is 8.22. The minimum Gasteiger partial charge on any atom is -0.377 e. The molecule has 0 radical (unpaired) electrons. The van der Waals surface area contributed by atoms with E-state index in [-0.39, 0.29) is 23.8 Å². The maximum atomic E-state index is 13.2. The summed E-state index contributed by atoms with van der Waals surface area (Å²) in [6, 6.07) is -0.0543. The summed E-state index contributed by atoms with van der Waals surface area (Å²) in [5, 5.41) is 10.0. The Kier molecular flexibility index (Phi) is 5.76. The summed E-state index contributed by atoms with van der Waals surface area (Å²) in [6.45, 7) is 3.23. The van der Waals surface area contributed by atoms with E-state index in [4.69, 9.17) is 0 Å². The number of nitrogens with zero attached hydrogens (tertiary/aromatic N) is 1. The van der Waals surface area contributed by atoms with Gasteiger partial charge in [0.2, 0.25) is 5.91 Å². The summed E-state index contributed by atoms with van der Waals surface area (Å²) in [6.07, 6.45) is 6.23. The zero-order valence-corrected chi connectivity index (χ0v) is 19.9. The smallest absolute Gasteiger partial charge is 0.254 e. The largest absolute Gasteiger partial charge is 0.377 e. The summed E-state index contributed by atoms with van der Waals surface area (Å²) in [5.74, 6) is 0.483. The van der Waals surface area contributed by atoms with Gasteiger partial charge in [0.25, 0.3) is 16.8 Å². The van der Waals surface area contributed by atoms with Gasteiger partial charge in [-0.15, -0.1) is 11.3 Å². The summed E-state index contributed by atoms with van der Waals surface area (Å²) < 4.78 is 0. The van der Waals surface area contributed by atoms with E-state index in [1.807, 2.05) is 6.92 Å². The Balaban J connectivity index is 1.39. The van der Waals surface area contributed by atoms with Crippen molar-refractivity contribution in [3.63, 3.8) is 0 Å². The lowest BCUT2D eigenvalue weighted by Crippen LogP contribution is -2.43. The summed E-state index contributed by atoms with van der Waals surface area (Å²) in [5.41, 5.74) is 1.44. The molecule has 2 saturated carbocycles. The van der Waals surface area contributed by atoms with Gasteiger partial charge in [-0.05, 0) is 63.4 Å². The van der Waals surface area contributed by atoms with E-state index in [2.05, 4.69) is 16.0 Å². The average molecular weight is 471 g/mol. The topological polar surface area (TPSA) is 108 Å². The lowest BCUT2D eigenvalue weighted by atomic mass is 9.90. The van der Waals surface area contributed by atoms with Crippen LogP contribution in [0.2, 0.25) is 0 Å². The van der Waals surface area contributed by atoms with Gasteiger partial charge in [0.1, 0.15) is 16.4 Å². The molecule has 1 heterocycles. The number of aryl methyl sites for hydroxylation is 1. The standard InChI is InChI=1S/C24H30N4O4S/c1-3-28(2)19-18(20(29)21(19)30)26-14-8-9-16-15(10-14)17(23(32)25-11-12-4-5-12)24(33-16)27-22(31)13-6-7-13/h12-14,26H,3-11H2,1-2H3,(H,25,32)(H,27,31). The molecule has 0 aliphatic heterocycles. The van der Waals surface area contributed by atoms with E-state index in [1.165, 1.54) is 11.3 Å². The average Bonchev–Trinajstić information content (AvgIpc) is 3.73. The second kappa shape index (κ2) is 8.59. The van der Waals surface area contributed by atoms with Crippen LogP contribution in [0.15, 0.2) is 9.59 Å². The number of carbonyl (C=O) groups is 2. The normalized spacial score (nSPS) is 19.8. The second-order valence-corrected chi connectivity index (χ2v) is 10.7. The molecule has 0 saturated heterocycles. The maximum Gasteiger partial charge on any atom is 0.254 e. The van der Waals surface area contributed by atoms with Crippen molar-refractivity contribution in [2.75, 3.05) is 35.7 Å². The first-order valence-electron chi connectivity index (χ1n) is 11.9. The minimum atomic E-state index is -0.471. The van der Waals surface area contributed by atoms with Crippen molar-refractivity contribution >= 4 is 39.5 Å². The quantitative estimate of drug-likeness (QED) is 0.485. The lowest BCUT2D eigenvalue weighted by Gasteiger charge is -2.28. The van der Waals surface area contributed by atoms with Crippen LogP contribution < -0.4 is 31.7 Å². The monoisotopic (exact) mass is 470 g/mol. The van der Waals surface area contributed by atoms with Crippen molar-refractivity contribution in [1.82, 2.24) is 5.32 Å². The molecule has 2 amide bonds. The van der Waals surface area contributed by atoms with Crippen LogP contribution in [0.1, 0.15) is 59.8 Å². The van der Waals surface area contributed by atoms with Crippen molar-refractivity contribution in [2.45, 2.75) is 57.9 Å². The van der Waals surface area contributed by atoms with E-state index >= 15 is 0 Å². The Morgan fingerprint density at radius 1 is 1.09 bits per heavy atom. The van der Waals surface area contributed by atoms with E-state index in [0.717, 1.165) is 49.0 Å².